The van der Waals surface area contributed by atoms with E-state index in [1.807, 2.05) is 0 Å². The highest BCUT2D eigenvalue weighted by Crippen LogP contribution is 2.25. The second-order valence-corrected chi connectivity index (χ2v) is 3.74. The lowest BCUT2D eigenvalue weighted by atomic mass is 10.1. The van der Waals surface area contributed by atoms with E-state index in [2.05, 4.69) is 0 Å². The maximum Gasteiger partial charge on any atom is 0.372 e. The predicted octanol–water partition coefficient (Wildman–Crippen LogP) is 2.22. The lowest BCUT2D eigenvalue weighted by molar-refractivity contribution is -0.148. The van der Waals surface area contributed by atoms with Gasteiger partial charge in [0.2, 0.25) is 5.78 Å². The van der Waals surface area contributed by atoms with Gasteiger partial charge in [-0.1, -0.05) is 29.3 Å². The highest BCUT2D eigenvalue weighted by molar-refractivity contribution is 6.43. The number of Topliss-reactive ketones (excluding diaryl/α,β-unsaturated/α-hetero) is 2. The first kappa shape index (κ1) is 12.7. The Balaban J connectivity index is 2.98. The van der Waals surface area contributed by atoms with Gasteiger partial charge in [-0.05, 0) is 12.1 Å². The van der Waals surface area contributed by atoms with Gasteiger partial charge in [0.15, 0.2) is 5.78 Å². The third-order valence-corrected chi connectivity index (χ3v) is 2.43. The Morgan fingerprint density at radius 1 is 1.12 bits per heavy atom. The van der Waals surface area contributed by atoms with Crippen LogP contribution in [0.5, 0.6) is 0 Å². The largest absolute Gasteiger partial charge is 0.475 e. The molecule has 0 unspecified atom stereocenters. The summed E-state index contributed by atoms with van der Waals surface area (Å²) in [7, 11) is 0. The van der Waals surface area contributed by atoms with Crippen molar-refractivity contribution in [1.82, 2.24) is 0 Å². The minimum Gasteiger partial charge on any atom is -0.475 e. The Hall–Kier alpha value is -1.39. The number of halogens is 2. The molecule has 0 spiro atoms. The van der Waals surface area contributed by atoms with Crippen LogP contribution in [0.15, 0.2) is 18.2 Å². The van der Waals surface area contributed by atoms with Crippen molar-refractivity contribution in [3.8, 4) is 0 Å². The molecule has 1 rings (SSSR count). The van der Waals surface area contributed by atoms with Gasteiger partial charge in [-0.15, -0.1) is 0 Å². The first-order valence-electron chi connectivity index (χ1n) is 4.17. The number of hydrogen-bond donors (Lipinski definition) is 1. The Labute approximate surface area is 101 Å². The van der Waals surface area contributed by atoms with E-state index in [1.54, 1.807) is 6.07 Å². The van der Waals surface area contributed by atoms with Crippen molar-refractivity contribution >= 4 is 40.7 Å². The quantitative estimate of drug-likeness (QED) is 0.512. The number of benzene rings is 1. The molecular weight excluding hydrogens is 255 g/mol. The van der Waals surface area contributed by atoms with Crippen LogP contribution in [0.2, 0.25) is 10.0 Å². The van der Waals surface area contributed by atoms with Gasteiger partial charge in [-0.2, -0.15) is 0 Å². The zero-order valence-electron chi connectivity index (χ0n) is 7.87. The molecule has 4 nitrogen and oxygen atoms in total. The van der Waals surface area contributed by atoms with Crippen LogP contribution in [0.4, 0.5) is 0 Å². The second-order valence-electron chi connectivity index (χ2n) is 2.92. The Morgan fingerprint density at radius 2 is 1.62 bits per heavy atom. The summed E-state index contributed by atoms with van der Waals surface area (Å²) in [6.07, 6.45) is -0.751. The SMILES string of the molecule is O=C(O)C(=O)CC(=O)c1c(Cl)cccc1Cl. The molecule has 0 aromatic heterocycles. The monoisotopic (exact) mass is 260 g/mol. The average Bonchev–Trinajstić information content (AvgIpc) is 2.16. The van der Waals surface area contributed by atoms with Crippen molar-refractivity contribution < 1.29 is 19.5 Å². The fourth-order valence-electron chi connectivity index (χ4n) is 1.07. The van der Waals surface area contributed by atoms with Gasteiger partial charge >= 0.3 is 5.97 Å². The molecule has 0 saturated carbocycles. The number of carboxylic acid groups (broad SMARTS) is 1. The lowest BCUT2D eigenvalue weighted by Gasteiger charge is -2.03. The van der Waals surface area contributed by atoms with Crippen LogP contribution in [-0.2, 0) is 9.59 Å². The summed E-state index contributed by atoms with van der Waals surface area (Å²) in [5.41, 5.74) is -0.0274. The van der Waals surface area contributed by atoms with Crippen LogP contribution in [0.25, 0.3) is 0 Å². The summed E-state index contributed by atoms with van der Waals surface area (Å²) in [6.45, 7) is 0. The highest BCUT2D eigenvalue weighted by Gasteiger charge is 2.21. The zero-order chi connectivity index (χ0) is 12.3. The van der Waals surface area contributed by atoms with Gasteiger partial charge in [0.1, 0.15) is 0 Å². The van der Waals surface area contributed by atoms with Gasteiger partial charge < -0.3 is 5.11 Å². The van der Waals surface area contributed by atoms with E-state index in [0.717, 1.165) is 0 Å². The lowest BCUT2D eigenvalue weighted by Crippen LogP contribution is -2.17. The Bertz CT molecular complexity index is 448. The molecule has 84 valence electrons. The zero-order valence-corrected chi connectivity index (χ0v) is 9.38. The summed E-state index contributed by atoms with van der Waals surface area (Å²) < 4.78 is 0. The molecule has 0 heterocycles. The van der Waals surface area contributed by atoms with Crippen molar-refractivity contribution in [3.05, 3.63) is 33.8 Å². The first-order valence-corrected chi connectivity index (χ1v) is 4.92. The molecule has 0 amide bonds. The molecule has 0 saturated heterocycles. The minimum atomic E-state index is -1.66. The standard InChI is InChI=1S/C10H6Cl2O4/c11-5-2-1-3-6(12)9(5)7(13)4-8(14)10(15)16/h1-3H,4H2,(H,15,16). The number of rotatable bonds is 4. The van der Waals surface area contributed by atoms with Crippen LogP contribution >= 0.6 is 23.2 Å². The number of ketones is 2. The van der Waals surface area contributed by atoms with Crippen LogP contribution in [0.3, 0.4) is 0 Å². The molecule has 0 radical (unpaired) electrons. The van der Waals surface area contributed by atoms with Gasteiger partial charge in [0.05, 0.1) is 22.0 Å². The van der Waals surface area contributed by atoms with E-state index in [0.29, 0.717) is 0 Å². The number of carbonyl (C=O) groups is 3. The Morgan fingerprint density at radius 3 is 2.06 bits per heavy atom. The average molecular weight is 261 g/mol. The molecular formula is C10H6Cl2O4. The van der Waals surface area contributed by atoms with Crippen molar-refractivity contribution in [3.63, 3.8) is 0 Å². The topological polar surface area (TPSA) is 71.4 Å². The summed E-state index contributed by atoms with van der Waals surface area (Å²) in [5, 5.41) is 8.54. The van der Waals surface area contributed by atoms with Crippen molar-refractivity contribution in [2.45, 2.75) is 6.42 Å². The van der Waals surface area contributed by atoms with Gasteiger partial charge in [0.25, 0.3) is 0 Å². The second kappa shape index (κ2) is 5.09. The van der Waals surface area contributed by atoms with Gasteiger partial charge in [0, 0.05) is 0 Å². The first-order chi connectivity index (χ1) is 7.43. The van der Waals surface area contributed by atoms with Crippen LogP contribution in [0.1, 0.15) is 16.8 Å². The molecule has 0 bridgehead atoms. The van der Waals surface area contributed by atoms with E-state index in [-0.39, 0.29) is 15.6 Å². The normalized spacial score (nSPS) is 9.88. The van der Waals surface area contributed by atoms with Crippen molar-refractivity contribution in [2.24, 2.45) is 0 Å². The van der Waals surface area contributed by atoms with E-state index in [9.17, 15) is 14.4 Å². The molecule has 0 aliphatic rings. The maximum absolute atomic E-state index is 11.5. The minimum absolute atomic E-state index is 0.0274. The summed E-state index contributed by atoms with van der Waals surface area (Å²) in [6, 6.07) is 4.41. The van der Waals surface area contributed by atoms with Crippen LogP contribution in [0, 0.1) is 0 Å². The Kier molecular flexibility index (Phi) is 4.04. The maximum atomic E-state index is 11.5. The number of hydrogen-bond acceptors (Lipinski definition) is 3. The predicted molar refractivity (Wildman–Crippen MR) is 58.1 cm³/mol. The molecule has 1 aromatic carbocycles. The van der Waals surface area contributed by atoms with Crippen LogP contribution < -0.4 is 0 Å². The number of carboxylic acids is 1. The molecule has 1 N–H and O–H groups in total. The molecule has 0 aliphatic carbocycles. The highest BCUT2D eigenvalue weighted by atomic mass is 35.5. The van der Waals surface area contributed by atoms with E-state index in [1.165, 1.54) is 12.1 Å². The third-order valence-electron chi connectivity index (χ3n) is 1.80. The van der Waals surface area contributed by atoms with Gasteiger partial charge in [-0.25, -0.2) is 4.79 Å². The smallest absolute Gasteiger partial charge is 0.372 e. The molecule has 1 aromatic rings. The summed E-state index contributed by atoms with van der Waals surface area (Å²) >= 11 is 11.4. The molecule has 0 fully saturated rings. The molecule has 16 heavy (non-hydrogen) atoms. The number of aliphatic carboxylic acids is 1. The fourth-order valence-corrected chi connectivity index (χ4v) is 1.68. The van der Waals surface area contributed by atoms with E-state index < -0.39 is 24.0 Å². The summed E-state index contributed by atoms with van der Waals surface area (Å²) in [4.78, 5) is 32.7. The third kappa shape index (κ3) is 2.81. The number of carbonyl (C=O) groups excluding carboxylic acids is 2. The van der Waals surface area contributed by atoms with Gasteiger partial charge in [-0.3, -0.25) is 9.59 Å². The fraction of sp³-hybridized carbons (Fsp3) is 0.100. The summed E-state index contributed by atoms with van der Waals surface area (Å²) in [5.74, 6) is -3.56. The van der Waals surface area contributed by atoms with Crippen LogP contribution in [-0.4, -0.2) is 22.6 Å². The molecule has 0 atom stereocenters. The molecule has 0 aliphatic heterocycles. The van der Waals surface area contributed by atoms with E-state index >= 15 is 0 Å². The molecule has 6 heteroatoms. The van der Waals surface area contributed by atoms with Crippen molar-refractivity contribution in [1.29, 1.82) is 0 Å². The van der Waals surface area contributed by atoms with E-state index in [4.69, 9.17) is 28.3 Å². The van der Waals surface area contributed by atoms with Crippen molar-refractivity contribution in [2.75, 3.05) is 0 Å².